The second kappa shape index (κ2) is 15.4. The number of imidazole rings is 2. The summed E-state index contributed by atoms with van der Waals surface area (Å²) in [6.07, 6.45) is 8.40. The van der Waals surface area contributed by atoms with Crippen LogP contribution in [0.4, 0.5) is 0 Å². The third-order valence-electron chi connectivity index (χ3n) is 6.08. The van der Waals surface area contributed by atoms with E-state index in [1.165, 1.54) is 30.6 Å². The lowest BCUT2D eigenvalue weighted by Gasteiger charge is -2.25. The molecule has 13 nitrogen and oxygen atoms in total. The topological polar surface area (TPSA) is 208 Å². The number of aromatic nitrogens is 4. The fourth-order valence-electron chi connectivity index (χ4n) is 3.93. The SMILES string of the molecule is CSCCC(NC(=O)C(Cc1ccccc1)NC(=O)C(Cc1cnc[nH]1)NC(=O)C(N)Cc1cnc[nH]1)C(=O)O. The molecule has 0 bridgehead atoms. The summed E-state index contributed by atoms with van der Waals surface area (Å²) in [6, 6.07) is 4.73. The van der Waals surface area contributed by atoms with Crippen molar-refractivity contribution >= 4 is 35.5 Å². The maximum absolute atomic E-state index is 13.5. The quantitative estimate of drug-likeness (QED) is 0.121. The van der Waals surface area contributed by atoms with E-state index in [-0.39, 0.29) is 25.7 Å². The molecule has 3 aromatic rings. The van der Waals surface area contributed by atoms with Crippen LogP contribution in [0.15, 0.2) is 55.4 Å². The lowest BCUT2D eigenvalue weighted by molar-refractivity contribution is -0.142. The molecule has 214 valence electrons. The van der Waals surface area contributed by atoms with Crippen LogP contribution in [0, 0.1) is 0 Å². The number of carboxylic acids is 1. The van der Waals surface area contributed by atoms with Crippen LogP contribution >= 0.6 is 11.8 Å². The second-order valence-corrected chi connectivity index (χ2v) is 10.1. The lowest BCUT2D eigenvalue weighted by atomic mass is 10.0. The van der Waals surface area contributed by atoms with Gasteiger partial charge in [-0.3, -0.25) is 14.4 Å². The first-order chi connectivity index (χ1) is 19.3. The van der Waals surface area contributed by atoms with Gasteiger partial charge in [0.05, 0.1) is 18.7 Å². The summed E-state index contributed by atoms with van der Waals surface area (Å²) in [5, 5.41) is 17.5. The molecule has 40 heavy (non-hydrogen) atoms. The van der Waals surface area contributed by atoms with Crippen LogP contribution in [0.3, 0.4) is 0 Å². The molecule has 0 spiro atoms. The fourth-order valence-corrected chi connectivity index (χ4v) is 4.40. The predicted molar refractivity (Wildman–Crippen MR) is 149 cm³/mol. The molecule has 0 radical (unpaired) electrons. The first-order valence-electron chi connectivity index (χ1n) is 12.6. The zero-order valence-corrected chi connectivity index (χ0v) is 22.8. The van der Waals surface area contributed by atoms with Crippen molar-refractivity contribution < 1.29 is 24.3 Å². The van der Waals surface area contributed by atoms with E-state index in [4.69, 9.17) is 5.73 Å². The highest BCUT2D eigenvalue weighted by Gasteiger charge is 2.31. The first kappa shape index (κ1) is 30.4. The predicted octanol–water partition coefficient (Wildman–Crippen LogP) is -0.220. The number of carbonyl (C=O) groups excluding carboxylic acids is 3. The van der Waals surface area contributed by atoms with Gasteiger partial charge in [0.15, 0.2) is 0 Å². The summed E-state index contributed by atoms with van der Waals surface area (Å²) in [6.45, 7) is 0. The number of amides is 3. The van der Waals surface area contributed by atoms with Crippen molar-refractivity contribution in [1.29, 1.82) is 0 Å². The normalized spacial score (nSPS) is 13.9. The van der Waals surface area contributed by atoms with Gasteiger partial charge in [0.2, 0.25) is 17.7 Å². The van der Waals surface area contributed by atoms with Crippen LogP contribution in [-0.4, -0.2) is 84.9 Å². The average molecular weight is 571 g/mol. The van der Waals surface area contributed by atoms with E-state index < -0.39 is 47.9 Å². The van der Waals surface area contributed by atoms with Gasteiger partial charge < -0.3 is 36.8 Å². The average Bonchev–Trinajstić information content (AvgIpc) is 3.65. The second-order valence-electron chi connectivity index (χ2n) is 9.16. The minimum Gasteiger partial charge on any atom is -0.480 e. The number of aliphatic carboxylic acids is 1. The lowest BCUT2D eigenvalue weighted by Crippen LogP contribution is -2.58. The zero-order valence-electron chi connectivity index (χ0n) is 22.0. The molecule has 0 saturated heterocycles. The molecular formula is C26H34N8O5S. The monoisotopic (exact) mass is 570 g/mol. The third kappa shape index (κ3) is 9.54. The highest BCUT2D eigenvalue weighted by molar-refractivity contribution is 7.98. The van der Waals surface area contributed by atoms with Crippen molar-refractivity contribution in [3.8, 4) is 0 Å². The Labute approximate surface area is 235 Å². The van der Waals surface area contributed by atoms with Gasteiger partial charge in [-0.1, -0.05) is 30.3 Å². The Bertz CT molecular complexity index is 1220. The zero-order chi connectivity index (χ0) is 28.9. The molecule has 0 aliphatic rings. The molecule has 0 aliphatic carbocycles. The van der Waals surface area contributed by atoms with Gasteiger partial charge in [-0.15, -0.1) is 0 Å². The molecule has 2 heterocycles. The summed E-state index contributed by atoms with van der Waals surface area (Å²) >= 11 is 1.46. The fraction of sp³-hybridized carbons (Fsp3) is 0.385. The molecule has 0 aliphatic heterocycles. The van der Waals surface area contributed by atoms with Crippen LogP contribution in [0.5, 0.6) is 0 Å². The Balaban J connectivity index is 1.78. The number of nitrogens with two attached hydrogens (primary N) is 1. The highest BCUT2D eigenvalue weighted by atomic mass is 32.2. The molecule has 0 saturated carbocycles. The Hall–Kier alpha value is -4.17. The standard InChI is InChI=1S/C26H34N8O5S/c1-40-8-7-20(26(38)39)32-24(36)21(9-16-5-3-2-4-6-16)34-25(37)22(11-18-13-29-15-31-18)33-23(35)19(27)10-17-12-28-14-30-17/h2-6,12-15,19-22H,7-11,27H2,1H3,(H,28,30)(H,29,31)(H,32,36)(H,33,35)(H,34,37)(H,38,39). The van der Waals surface area contributed by atoms with E-state index in [2.05, 4.69) is 35.9 Å². The number of hydrogen-bond donors (Lipinski definition) is 7. The van der Waals surface area contributed by atoms with Gasteiger partial charge in [-0.05, 0) is 24.0 Å². The van der Waals surface area contributed by atoms with Crippen LogP contribution in [-0.2, 0) is 38.4 Å². The number of carbonyl (C=O) groups is 4. The van der Waals surface area contributed by atoms with Crippen molar-refractivity contribution in [2.45, 2.75) is 49.9 Å². The van der Waals surface area contributed by atoms with Gasteiger partial charge in [0.1, 0.15) is 18.1 Å². The van der Waals surface area contributed by atoms with Crippen LogP contribution in [0.1, 0.15) is 23.4 Å². The highest BCUT2D eigenvalue weighted by Crippen LogP contribution is 2.08. The smallest absolute Gasteiger partial charge is 0.326 e. The minimum absolute atomic E-state index is 0.0551. The molecule has 3 rings (SSSR count). The van der Waals surface area contributed by atoms with E-state index in [1.54, 1.807) is 30.5 Å². The number of nitrogens with one attached hydrogen (secondary N) is 5. The van der Waals surface area contributed by atoms with E-state index in [9.17, 15) is 24.3 Å². The minimum atomic E-state index is -1.16. The van der Waals surface area contributed by atoms with Gasteiger partial charge >= 0.3 is 5.97 Å². The van der Waals surface area contributed by atoms with E-state index in [0.717, 1.165) is 5.56 Å². The van der Waals surface area contributed by atoms with Crippen molar-refractivity contribution in [2.24, 2.45) is 5.73 Å². The molecule has 2 aromatic heterocycles. The number of benzene rings is 1. The third-order valence-corrected chi connectivity index (χ3v) is 6.73. The summed E-state index contributed by atoms with van der Waals surface area (Å²) in [7, 11) is 0. The Kier molecular flexibility index (Phi) is 11.7. The largest absolute Gasteiger partial charge is 0.480 e. The molecule has 4 atom stereocenters. The molecule has 4 unspecified atom stereocenters. The number of aromatic amines is 2. The first-order valence-corrected chi connectivity index (χ1v) is 14.0. The molecule has 14 heteroatoms. The van der Waals surface area contributed by atoms with E-state index >= 15 is 0 Å². The van der Waals surface area contributed by atoms with Crippen molar-refractivity contribution in [3.05, 3.63) is 72.3 Å². The molecule has 1 aromatic carbocycles. The van der Waals surface area contributed by atoms with Crippen molar-refractivity contribution in [1.82, 2.24) is 35.9 Å². The number of carboxylic acid groups (broad SMARTS) is 1. The van der Waals surface area contributed by atoms with Gasteiger partial charge in [0.25, 0.3) is 0 Å². The number of hydrogen-bond acceptors (Lipinski definition) is 8. The van der Waals surface area contributed by atoms with Gasteiger partial charge in [-0.25, -0.2) is 14.8 Å². The van der Waals surface area contributed by atoms with E-state index in [1.807, 2.05) is 12.3 Å². The maximum Gasteiger partial charge on any atom is 0.326 e. The van der Waals surface area contributed by atoms with Crippen molar-refractivity contribution in [2.75, 3.05) is 12.0 Å². The number of rotatable bonds is 16. The number of H-pyrrole nitrogens is 2. The van der Waals surface area contributed by atoms with Crippen LogP contribution < -0.4 is 21.7 Å². The molecule has 0 fully saturated rings. The summed E-state index contributed by atoms with van der Waals surface area (Å²) in [5.74, 6) is -2.48. The Morgan fingerprint density at radius 3 is 1.95 bits per heavy atom. The Morgan fingerprint density at radius 1 is 0.850 bits per heavy atom. The summed E-state index contributed by atoms with van der Waals surface area (Å²) in [5.41, 5.74) is 8.07. The van der Waals surface area contributed by atoms with Crippen LogP contribution in [0.2, 0.25) is 0 Å². The van der Waals surface area contributed by atoms with Crippen LogP contribution in [0.25, 0.3) is 0 Å². The molecular weight excluding hydrogens is 536 g/mol. The number of nitrogens with zero attached hydrogens (tertiary/aromatic N) is 2. The van der Waals surface area contributed by atoms with Crippen molar-refractivity contribution in [3.63, 3.8) is 0 Å². The molecule has 8 N–H and O–H groups in total. The summed E-state index contributed by atoms with van der Waals surface area (Å²) < 4.78 is 0. The molecule has 3 amide bonds. The Morgan fingerprint density at radius 2 is 1.40 bits per heavy atom. The maximum atomic E-state index is 13.5. The summed E-state index contributed by atoms with van der Waals surface area (Å²) in [4.78, 5) is 65.1. The van der Waals surface area contributed by atoms with Gasteiger partial charge in [-0.2, -0.15) is 11.8 Å². The van der Waals surface area contributed by atoms with Gasteiger partial charge in [0, 0.05) is 43.0 Å². The number of thioether (sulfide) groups is 1. The van der Waals surface area contributed by atoms with E-state index in [0.29, 0.717) is 17.1 Å².